The first-order valence-electron chi connectivity index (χ1n) is 8.40. The van der Waals surface area contributed by atoms with Crippen LogP contribution in [0.3, 0.4) is 0 Å². The van der Waals surface area contributed by atoms with Crippen LogP contribution in [0.2, 0.25) is 0 Å². The SMILES string of the molecule is O=C(NCc1cc(=O)c(OCc2ccccc2)c[nH]1)c1cccc(S(=O)O)c1. The Morgan fingerprint density at radius 1 is 1.11 bits per heavy atom. The summed E-state index contributed by atoms with van der Waals surface area (Å²) >= 11 is -2.16. The van der Waals surface area contributed by atoms with Crippen molar-refractivity contribution in [2.24, 2.45) is 0 Å². The van der Waals surface area contributed by atoms with Gasteiger partial charge in [0.1, 0.15) is 6.61 Å². The number of aromatic amines is 1. The van der Waals surface area contributed by atoms with Gasteiger partial charge in [0.25, 0.3) is 5.91 Å². The quantitative estimate of drug-likeness (QED) is 0.530. The molecule has 1 unspecified atom stereocenters. The zero-order chi connectivity index (χ0) is 19.9. The van der Waals surface area contributed by atoms with Crippen molar-refractivity contribution in [1.29, 1.82) is 0 Å². The molecule has 2 aromatic carbocycles. The molecular weight excluding hydrogens is 380 g/mol. The van der Waals surface area contributed by atoms with Gasteiger partial charge in [-0.2, -0.15) is 0 Å². The molecule has 1 amide bonds. The van der Waals surface area contributed by atoms with E-state index >= 15 is 0 Å². The number of amides is 1. The van der Waals surface area contributed by atoms with Gasteiger partial charge in [-0.25, -0.2) is 4.21 Å². The summed E-state index contributed by atoms with van der Waals surface area (Å²) in [5.74, 6) is -0.227. The molecule has 0 saturated heterocycles. The fraction of sp³-hybridized carbons (Fsp3) is 0.100. The third kappa shape index (κ3) is 5.15. The molecule has 0 bridgehead atoms. The van der Waals surface area contributed by atoms with Crippen molar-refractivity contribution in [3.63, 3.8) is 0 Å². The van der Waals surface area contributed by atoms with Crippen LogP contribution in [0.5, 0.6) is 5.75 Å². The predicted molar refractivity (Wildman–Crippen MR) is 104 cm³/mol. The van der Waals surface area contributed by atoms with Crippen LogP contribution in [-0.4, -0.2) is 19.7 Å². The van der Waals surface area contributed by atoms with E-state index in [0.29, 0.717) is 5.69 Å². The van der Waals surface area contributed by atoms with Gasteiger partial charge in [-0.15, -0.1) is 0 Å². The molecular formula is C20H18N2O5S. The molecule has 0 spiro atoms. The van der Waals surface area contributed by atoms with Gasteiger partial charge in [-0.1, -0.05) is 36.4 Å². The van der Waals surface area contributed by atoms with E-state index in [9.17, 15) is 13.8 Å². The average molecular weight is 398 g/mol. The smallest absolute Gasteiger partial charge is 0.251 e. The van der Waals surface area contributed by atoms with Crippen LogP contribution in [0.15, 0.2) is 76.6 Å². The van der Waals surface area contributed by atoms with Crippen molar-refractivity contribution in [3.8, 4) is 5.75 Å². The summed E-state index contributed by atoms with van der Waals surface area (Å²) in [7, 11) is 0. The Balaban J connectivity index is 1.60. The van der Waals surface area contributed by atoms with E-state index in [2.05, 4.69) is 10.3 Å². The summed E-state index contributed by atoms with van der Waals surface area (Å²) < 4.78 is 25.7. The minimum absolute atomic E-state index is 0.0967. The average Bonchev–Trinajstić information content (AvgIpc) is 2.72. The number of H-pyrrole nitrogens is 1. The maximum atomic E-state index is 12.2. The Bertz CT molecular complexity index is 1050. The Labute approximate surface area is 163 Å². The predicted octanol–water partition coefficient (Wildman–Crippen LogP) is 2.46. The summed E-state index contributed by atoms with van der Waals surface area (Å²) in [5.41, 5.74) is 1.42. The Morgan fingerprint density at radius 2 is 1.89 bits per heavy atom. The molecule has 0 aliphatic heterocycles. The standard InChI is InChI=1S/C20H18N2O5S/c23-18-10-16(21-12-19(18)27-13-14-5-2-1-3-6-14)11-22-20(24)15-7-4-8-17(9-15)28(25)26/h1-10,12H,11,13H2,(H,21,23)(H,22,24)(H,25,26). The van der Waals surface area contributed by atoms with Gasteiger partial charge in [-0.05, 0) is 23.8 Å². The number of hydrogen-bond donors (Lipinski definition) is 3. The van der Waals surface area contributed by atoms with E-state index in [1.807, 2.05) is 30.3 Å². The highest BCUT2D eigenvalue weighted by atomic mass is 32.2. The Kier molecular flexibility index (Phi) is 6.36. The molecule has 1 atom stereocenters. The maximum Gasteiger partial charge on any atom is 0.251 e. The second-order valence-electron chi connectivity index (χ2n) is 5.92. The molecule has 1 heterocycles. The van der Waals surface area contributed by atoms with E-state index in [-0.39, 0.29) is 34.8 Å². The van der Waals surface area contributed by atoms with Crippen molar-refractivity contribution in [2.75, 3.05) is 0 Å². The van der Waals surface area contributed by atoms with E-state index in [1.54, 1.807) is 0 Å². The number of nitrogens with one attached hydrogen (secondary N) is 2. The zero-order valence-corrected chi connectivity index (χ0v) is 15.6. The topological polar surface area (TPSA) is 108 Å². The molecule has 0 saturated carbocycles. The van der Waals surface area contributed by atoms with E-state index in [0.717, 1.165) is 5.56 Å². The molecule has 3 rings (SSSR count). The van der Waals surface area contributed by atoms with Crippen LogP contribution in [0, 0.1) is 0 Å². The molecule has 3 aromatic rings. The molecule has 0 aliphatic carbocycles. The van der Waals surface area contributed by atoms with Crippen molar-refractivity contribution >= 4 is 17.0 Å². The Morgan fingerprint density at radius 3 is 2.61 bits per heavy atom. The summed E-state index contributed by atoms with van der Waals surface area (Å²) in [6, 6.07) is 16.7. The first-order valence-corrected chi connectivity index (χ1v) is 9.51. The monoisotopic (exact) mass is 398 g/mol. The molecule has 0 fully saturated rings. The van der Waals surface area contributed by atoms with E-state index in [1.165, 1.54) is 36.5 Å². The molecule has 0 radical (unpaired) electrons. The van der Waals surface area contributed by atoms with Gasteiger partial charge < -0.3 is 19.6 Å². The van der Waals surface area contributed by atoms with E-state index in [4.69, 9.17) is 9.29 Å². The lowest BCUT2D eigenvalue weighted by molar-refractivity contribution is 0.0950. The largest absolute Gasteiger partial charge is 0.483 e. The van der Waals surface area contributed by atoms with Crippen molar-refractivity contribution in [3.05, 3.63) is 93.9 Å². The lowest BCUT2D eigenvalue weighted by Crippen LogP contribution is -2.24. The molecule has 3 N–H and O–H groups in total. The fourth-order valence-corrected chi connectivity index (χ4v) is 2.90. The summed E-state index contributed by atoms with van der Waals surface area (Å²) in [6.45, 7) is 0.377. The summed E-state index contributed by atoms with van der Waals surface area (Å²) in [4.78, 5) is 27.4. The van der Waals surface area contributed by atoms with Gasteiger partial charge in [0, 0.05) is 23.5 Å². The van der Waals surface area contributed by atoms with Crippen molar-refractivity contribution < 1.29 is 18.3 Å². The van der Waals surface area contributed by atoms with Crippen LogP contribution >= 0.6 is 0 Å². The molecule has 28 heavy (non-hydrogen) atoms. The number of hydrogen-bond acceptors (Lipinski definition) is 4. The van der Waals surface area contributed by atoms with Crippen LogP contribution in [-0.2, 0) is 24.2 Å². The maximum absolute atomic E-state index is 12.2. The summed E-state index contributed by atoms with van der Waals surface area (Å²) in [6.07, 6.45) is 1.46. The van der Waals surface area contributed by atoms with Gasteiger partial charge in [-0.3, -0.25) is 9.59 Å². The van der Waals surface area contributed by atoms with Crippen LogP contribution in [0.25, 0.3) is 0 Å². The number of pyridine rings is 1. The highest BCUT2D eigenvalue weighted by Gasteiger charge is 2.09. The lowest BCUT2D eigenvalue weighted by atomic mass is 10.2. The summed E-state index contributed by atoms with van der Waals surface area (Å²) in [5, 5.41) is 2.66. The van der Waals surface area contributed by atoms with Crippen molar-refractivity contribution in [2.45, 2.75) is 18.0 Å². The highest BCUT2D eigenvalue weighted by Crippen LogP contribution is 2.09. The Hall–Kier alpha value is -3.23. The molecule has 0 aliphatic rings. The number of benzene rings is 2. The van der Waals surface area contributed by atoms with Crippen molar-refractivity contribution in [1.82, 2.24) is 10.3 Å². The minimum atomic E-state index is -2.16. The normalized spacial score (nSPS) is 11.6. The van der Waals surface area contributed by atoms with Gasteiger partial charge in [0.05, 0.1) is 11.4 Å². The van der Waals surface area contributed by atoms with Gasteiger partial charge in [0.2, 0.25) is 5.43 Å². The van der Waals surface area contributed by atoms with E-state index < -0.39 is 17.0 Å². The first kappa shape index (κ1) is 19.5. The third-order valence-corrected chi connectivity index (χ3v) is 4.57. The number of rotatable bonds is 7. The van der Waals surface area contributed by atoms with Crippen LogP contribution < -0.4 is 15.5 Å². The van der Waals surface area contributed by atoms with Crippen LogP contribution in [0.4, 0.5) is 0 Å². The number of carbonyl (C=O) groups is 1. The molecule has 1 aromatic heterocycles. The van der Waals surface area contributed by atoms with Crippen LogP contribution in [0.1, 0.15) is 21.6 Å². The lowest BCUT2D eigenvalue weighted by Gasteiger charge is -2.08. The zero-order valence-electron chi connectivity index (χ0n) is 14.8. The number of carbonyl (C=O) groups excluding carboxylic acids is 1. The minimum Gasteiger partial charge on any atom is -0.483 e. The molecule has 8 heteroatoms. The fourth-order valence-electron chi connectivity index (χ4n) is 2.47. The number of aromatic nitrogens is 1. The second-order valence-corrected chi connectivity index (χ2v) is 6.89. The van der Waals surface area contributed by atoms with Gasteiger partial charge in [0.15, 0.2) is 16.8 Å². The number of ether oxygens (including phenoxy) is 1. The third-order valence-electron chi connectivity index (χ3n) is 3.91. The van der Waals surface area contributed by atoms with Gasteiger partial charge >= 0.3 is 0 Å². The molecule has 7 nitrogen and oxygen atoms in total. The highest BCUT2D eigenvalue weighted by molar-refractivity contribution is 7.79. The second kappa shape index (κ2) is 9.12. The molecule has 144 valence electrons. The first-order chi connectivity index (χ1) is 13.5.